The molecular formula is C12H19NOS. The van der Waals surface area contributed by atoms with Crippen LogP contribution in [-0.2, 0) is 6.42 Å². The van der Waals surface area contributed by atoms with Gasteiger partial charge in [-0.1, -0.05) is 13.8 Å². The van der Waals surface area contributed by atoms with Crippen LogP contribution in [0.4, 0.5) is 0 Å². The molecule has 3 heteroatoms. The van der Waals surface area contributed by atoms with Crippen LogP contribution in [-0.4, -0.2) is 15.7 Å². The van der Waals surface area contributed by atoms with Crippen molar-refractivity contribution >= 4 is 11.3 Å². The Labute approximate surface area is 95.4 Å². The highest BCUT2D eigenvalue weighted by molar-refractivity contribution is 7.09. The molecule has 2 rings (SSSR count). The summed E-state index contributed by atoms with van der Waals surface area (Å²) in [6.07, 6.45) is 6.62. The minimum Gasteiger partial charge on any atom is -0.389 e. The predicted molar refractivity (Wildman–Crippen MR) is 63.0 cm³/mol. The van der Waals surface area contributed by atoms with E-state index in [0.29, 0.717) is 5.41 Å². The highest BCUT2D eigenvalue weighted by atomic mass is 32.1. The van der Waals surface area contributed by atoms with Crippen molar-refractivity contribution in [1.29, 1.82) is 0 Å². The number of aromatic nitrogens is 1. The summed E-state index contributed by atoms with van der Waals surface area (Å²) in [5, 5.41) is 13.5. The van der Waals surface area contributed by atoms with Crippen molar-refractivity contribution in [3.8, 4) is 0 Å². The SMILES string of the molecule is CC1(C)CCC(O)(Cc2nccs2)CC1. The molecule has 0 saturated heterocycles. The van der Waals surface area contributed by atoms with Crippen LogP contribution in [0.2, 0.25) is 0 Å². The summed E-state index contributed by atoms with van der Waals surface area (Å²) in [7, 11) is 0. The van der Waals surface area contributed by atoms with Crippen molar-refractivity contribution in [2.45, 2.75) is 51.6 Å². The second kappa shape index (κ2) is 3.87. The third-order valence-corrected chi connectivity index (χ3v) is 4.28. The van der Waals surface area contributed by atoms with E-state index in [4.69, 9.17) is 0 Å². The van der Waals surface area contributed by atoms with E-state index in [0.717, 1.165) is 37.1 Å². The van der Waals surface area contributed by atoms with Gasteiger partial charge < -0.3 is 5.11 Å². The molecule has 2 nitrogen and oxygen atoms in total. The largest absolute Gasteiger partial charge is 0.389 e. The summed E-state index contributed by atoms with van der Waals surface area (Å²) in [5.41, 5.74) is -0.0809. The normalized spacial score (nSPS) is 23.9. The molecule has 1 saturated carbocycles. The first-order valence-electron chi connectivity index (χ1n) is 5.60. The molecule has 0 atom stereocenters. The maximum atomic E-state index is 10.4. The van der Waals surface area contributed by atoms with Gasteiger partial charge in [-0.05, 0) is 31.1 Å². The van der Waals surface area contributed by atoms with E-state index in [1.165, 1.54) is 0 Å². The van der Waals surface area contributed by atoms with E-state index in [1.54, 1.807) is 11.3 Å². The lowest BCUT2D eigenvalue weighted by Gasteiger charge is -2.39. The van der Waals surface area contributed by atoms with Gasteiger partial charge in [-0.2, -0.15) is 0 Å². The van der Waals surface area contributed by atoms with E-state index in [2.05, 4.69) is 18.8 Å². The lowest BCUT2D eigenvalue weighted by atomic mass is 9.70. The summed E-state index contributed by atoms with van der Waals surface area (Å²) in [6, 6.07) is 0. The van der Waals surface area contributed by atoms with E-state index in [9.17, 15) is 5.11 Å². The number of hydrogen-bond donors (Lipinski definition) is 1. The van der Waals surface area contributed by atoms with Crippen LogP contribution < -0.4 is 0 Å². The van der Waals surface area contributed by atoms with Gasteiger partial charge in [0.25, 0.3) is 0 Å². The van der Waals surface area contributed by atoms with Crippen molar-refractivity contribution in [3.63, 3.8) is 0 Å². The number of aliphatic hydroxyl groups is 1. The lowest BCUT2D eigenvalue weighted by Crippen LogP contribution is -2.38. The van der Waals surface area contributed by atoms with Crippen LogP contribution in [0.3, 0.4) is 0 Å². The summed E-state index contributed by atoms with van der Waals surface area (Å²) in [4.78, 5) is 4.25. The molecule has 0 aliphatic heterocycles. The molecule has 0 spiro atoms. The van der Waals surface area contributed by atoms with E-state index in [1.807, 2.05) is 11.6 Å². The molecule has 1 heterocycles. The van der Waals surface area contributed by atoms with Crippen molar-refractivity contribution in [3.05, 3.63) is 16.6 Å². The smallest absolute Gasteiger partial charge is 0.0953 e. The molecule has 1 aliphatic carbocycles. The number of nitrogens with zero attached hydrogens (tertiary/aromatic N) is 1. The average molecular weight is 225 g/mol. The van der Waals surface area contributed by atoms with Crippen LogP contribution in [0, 0.1) is 5.41 Å². The van der Waals surface area contributed by atoms with Gasteiger partial charge in [0.05, 0.1) is 10.6 Å². The molecule has 1 N–H and O–H groups in total. The zero-order valence-corrected chi connectivity index (χ0v) is 10.3. The minimum absolute atomic E-state index is 0.412. The third kappa shape index (κ3) is 2.79. The quantitative estimate of drug-likeness (QED) is 0.839. The topological polar surface area (TPSA) is 33.1 Å². The van der Waals surface area contributed by atoms with Crippen LogP contribution in [0.25, 0.3) is 0 Å². The lowest BCUT2D eigenvalue weighted by molar-refractivity contribution is -0.0251. The Morgan fingerprint density at radius 2 is 2.00 bits per heavy atom. The Morgan fingerprint density at radius 1 is 1.33 bits per heavy atom. The van der Waals surface area contributed by atoms with Gasteiger partial charge in [0.1, 0.15) is 0 Å². The molecule has 0 unspecified atom stereocenters. The van der Waals surface area contributed by atoms with Crippen molar-refractivity contribution in [1.82, 2.24) is 4.98 Å². The molecule has 84 valence electrons. The molecule has 0 aromatic carbocycles. The minimum atomic E-state index is -0.493. The summed E-state index contributed by atoms with van der Waals surface area (Å²) in [6.45, 7) is 4.58. The molecule has 15 heavy (non-hydrogen) atoms. The Hall–Kier alpha value is -0.410. The zero-order chi connectivity index (χ0) is 10.9. The second-order valence-electron chi connectivity index (χ2n) is 5.49. The molecular weight excluding hydrogens is 206 g/mol. The van der Waals surface area contributed by atoms with Crippen LogP contribution in [0.5, 0.6) is 0 Å². The fourth-order valence-corrected chi connectivity index (χ4v) is 2.94. The van der Waals surface area contributed by atoms with Gasteiger partial charge in [0.2, 0.25) is 0 Å². The maximum absolute atomic E-state index is 10.4. The van der Waals surface area contributed by atoms with Gasteiger partial charge in [-0.15, -0.1) is 11.3 Å². The van der Waals surface area contributed by atoms with Crippen molar-refractivity contribution in [2.75, 3.05) is 0 Å². The predicted octanol–water partition coefficient (Wildman–Crippen LogP) is 3.02. The van der Waals surface area contributed by atoms with Gasteiger partial charge >= 0.3 is 0 Å². The van der Waals surface area contributed by atoms with Gasteiger partial charge in [-0.25, -0.2) is 4.98 Å². The van der Waals surface area contributed by atoms with Gasteiger partial charge in [0, 0.05) is 18.0 Å². The molecule has 0 radical (unpaired) electrons. The Bertz CT molecular complexity index is 308. The number of thiazole rings is 1. The Balaban J connectivity index is 1.98. The molecule has 1 aromatic rings. The first-order chi connectivity index (χ1) is 6.99. The van der Waals surface area contributed by atoms with Crippen LogP contribution in [0.15, 0.2) is 11.6 Å². The number of hydrogen-bond acceptors (Lipinski definition) is 3. The molecule has 1 aliphatic rings. The fraction of sp³-hybridized carbons (Fsp3) is 0.750. The Kier molecular flexibility index (Phi) is 2.86. The number of rotatable bonds is 2. The van der Waals surface area contributed by atoms with Crippen molar-refractivity contribution in [2.24, 2.45) is 5.41 Å². The highest BCUT2D eigenvalue weighted by Gasteiger charge is 2.37. The zero-order valence-electron chi connectivity index (χ0n) is 9.49. The van der Waals surface area contributed by atoms with E-state index in [-0.39, 0.29) is 0 Å². The third-order valence-electron chi connectivity index (χ3n) is 3.50. The maximum Gasteiger partial charge on any atom is 0.0953 e. The van der Waals surface area contributed by atoms with E-state index < -0.39 is 5.60 Å². The first-order valence-corrected chi connectivity index (χ1v) is 6.48. The van der Waals surface area contributed by atoms with Crippen LogP contribution in [0.1, 0.15) is 44.5 Å². The van der Waals surface area contributed by atoms with Crippen LogP contribution >= 0.6 is 11.3 Å². The molecule has 1 fully saturated rings. The average Bonchev–Trinajstić information content (AvgIpc) is 2.64. The fourth-order valence-electron chi connectivity index (χ4n) is 2.19. The summed E-state index contributed by atoms with van der Waals surface area (Å²) < 4.78 is 0. The Morgan fingerprint density at radius 3 is 2.53 bits per heavy atom. The molecule has 0 bridgehead atoms. The molecule has 0 amide bonds. The monoisotopic (exact) mass is 225 g/mol. The highest BCUT2D eigenvalue weighted by Crippen LogP contribution is 2.41. The van der Waals surface area contributed by atoms with Crippen molar-refractivity contribution < 1.29 is 5.11 Å². The van der Waals surface area contributed by atoms with Gasteiger partial charge in [-0.3, -0.25) is 0 Å². The molecule has 1 aromatic heterocycles. The van der Waals surface area contributed by atoms with Gasteiger partial charge in [0.15, 0.2) is 0 Å². The standard InChI is InChI=1S/C12H19NOS/c1-11(2)3-5-12(14,6-4-11)9-10-13-7-8-15-10/h7-8,14H,3-6,9H2,1-2H3. The summed E-state index contributed by atoms with van der Waals surface area (Å²) >= 11 is 1.64. The van der Waals surface area contributed by atoms with E-state index >= 15 is 0 Å². The second-order valence-corrected chi connectivity index (χ2v) is 6.47. The summed E-state index contributed by atoms with van der Waals surface area (Å²) in [5.74, 6) is 0. The first kappa shape index (κ1) is 11.1.